The molecule has 0 bridgehead atoms. The molecule has 0 aliphatic heterocycles. The van der Waals surface area contributed by atoms with Gasteiger partial charge in [0.2, 0.25) is 0 Å². The molecule has 0 fully saturated rings. The zero-order chi connectivity index (χ0) is 14.7. The van der Waals surface area contributed by atoms with E-state index in [0.29, 0.717) is 11.0 Å². The highest BCUT2D eigenvalue weighted by Crippen LogP contribution is 2.33. The number of aromatic nitrogens is 1. The van der Waals surface area contributed by atoms with Crippen LogP contribution in [0.25, 0.3) is 43.5 Å². The lowest BCUT2D eigenvalue weighted by atomic mass is 10.0. The molecule has 0 saturated carbocycles. The summed E-state index contributed by atoms with van der Waals surface area (Å²) in [5.41, 5.74) is 2.11. The third-order valence-corrected chi connectivity index (χ3v) is 4.25. The lowest BCUT2D eigenvalue weighted by Crippen LogP contribution is -1.98. The molecule has 104 valence electrons. The molecule has 0 aliphatic rings. The van der Waals surface area contributed by atoms with Gasteiger partial charge in [0.1, 0.15) is 5.58 Å². The van der Waals surface area contributed by atoms with Crippen LogP contribution in [0.5, 0.6) is 0 Å². The van der Waals surface area contributed by atoms with Crippen LogP contribution in [0.2, 0.25) is 0 Å². The van der Waals surface area contributed by atoms with Crippen LogP contribution >= 0.6 is 0 Å². The molecule has 0 spiro atoms. The van der Waals surface area contributed by atoms with Gasteiger partial charge in [0.15, 0.2) is 0 Å². The number of nitrogens with one attached hydrogen (secondary N) is 1. The molecule has 3 nitrogen and oxygen atoms in total. The van der Waals surface area contributed by atoms with E-state index in [1.165, 1.54) is 0 Å². The van der Waals surface area contributed by atoms with Gasteiger partial charge in [0.05, 0.1) is 10.9 Å². The molecule has 0 saturated heterocycles. The maximum Gasteiger partial charge on any atom is 0.346 e. The van der Waals surface area contributed by atoms with Gasteiger partial charge < -0.3 is 9.40 Å². The Morgan fingerprint density at radius 2 is 1.55 bits per heavy atom. The standard InChI is InChI=1S/C19H11NO2/c21-19-17-16-12-6-2-1-5-11(12)9-10-14(16)20-18(17)13-7-3-4-8-15(13)22-19/h1-10,20H. The quantitative estimate of drug-likeness (QED) is 0.423. The first-order chi connectivity index (χ1) is 10.8. The molecular weight excluding hydrogens is 274 g/mol. The molecule has 3 heteroatoms. The molecule has 3 aromatic carbocycles. The Balaban J connectivity index is 2.18. The maximum atomic E-state index is 12.5. The second-order valence-corrected chi connectivity index (χ2v) is 5.47. The Morgan fingerprint density at radius 1 is 0.773 bits per heavy atom. The summed E-state index contributed by atoms with van der Waals surface area (Å²) in [5, 5.41) is 4.67. The largest absolute Gasteiger partial charge is 0.422 e. The zero-order valence-corrected chi connectivity index (χ0v) is 11.6. The SMILES string of the molecule is O=c1oc2ccccc2c2[nH]c3ccc4ccccc4c3c12. The molecule has 22 heavy (non-hydrogen) atoms. The van der Waals surface area contributed by atoms with Gasteiger partial charge >= 0.3 is 5.63 Å². The Kier molecular flexibility index (Phi) is 2.09. The van der Waals surface area contributed by atoms with Crippen LogP contribution in [-0.4, -0.2) is 4.98 Å². The van der Waals surface area contributed by atoms with Crippen molar-refractivity contribution in [2.45, 2.75) is 0 Å². The van der Waals surface area contributed by atoms with Crippen molar-refractivity contribution in [2.75, 3.05) is 0 Å². The van der Waals surface area contributed by atoms with E-state index < -0.39 is 0 Å². The zero-order valence-electron chi connectivity index (χ0n) is 11.6. The van der Waals surface area contributed by atoms with Crippen molar-refractivity contribution in [1.82, 2.24) is 4.98 Å². The predicted octanol–water partition coefficient (Wildman–Crippen LogP) is 4.58. The van der Waals surface area contributed by atoms with Crippen molar-refractivity contribution < 1.29 is 4.42 Å². The van der Waals surface area contributed by atoms with Gasteiger partial charge in [-0.3, -0.25) is 0 Å². The molecule has 2 heterocycles. The van der Waals surface area contributed by atoms with E-state index in [0.717, 1.165) is 32.6 Å². The number of H-pyrrole nitrogens is 1. The molecule has 5 aromatic rings. The average Bonchev–Trinajstić information content (AvgIpc) is 2.96. The molecule has 0 amide bonds. The Labute approximate surface area is 124 Å². The van der Waals surface area contributed by atoms with E-state index in [4.69, 9.17) is 4.42 Å². The predicted molar refractivity (Wildman–Crippen MR) is 89.4 cm³/mol. The summed E-state index contributed by atoms with van der Waals surface area (Å²) < 4.78 is 5.51. The first-order valence-electron chi connectivity index (χ1n) is 7.18. The van der Waals surface area contributed by atoms with Gasteiger partial charge in [-0.05, 0) is 29.0 Å². The smallest absolute Gasteiger partial charge is 0.346 e. The Bertz CT molecular complexity index is 1240. The molecular formula is C19H11NO2. The minimum atomic E-state index is -0.295. The lowest BCUT2D eigenvalue weighted by Gasteiger charge is -2.00. The summed E-state index contributed by atoms with van der Waals surface area (Å²) in [5.74, 6) is 0. The number of aromatic amines is 1. The van der Waals surface area contributed by atoms with Crippen LogP contribution in [-0.2, 0) is 0 Å². The average molecular weight is 285 g/mol. The summed E-state index contributed by atoms with van der Waals surface area (Å²) in [6, 6.07) is 19.8. The van der Waals surface area contributed by atoms with E-state index in [1.807, 2.05) is 48.5 Å². The first-order valence-corrected chi connectivity index (χ1v) is 7.18. The van der Waals surface area contributed by atoms with E-state index in [2.05, 4.69) is 17.1 Å². The van der Waals surface area contributed by atoms with Gasteiger partial charge in [0, 0.05) is 16.3 Å². The molecule has 1 N–H and O–H groups in total. The van der Waals surface area contributed by atoms with Gasteiger partial charge in [-0.15, -0.1) is 0 Å². The number of benzene rings is 3. The summed E-state index contributed by atoms with van der Waals surface area (Å²) in [6.07, 6.45) is 0. The van der Waals surface area contributed by atoms with Gasteiger partial charge in [-0.2, -0.15) is 0 Å². The third kappa shape index (κ3) is 1.37. The summed E-state index contributed by atoms with van der Waals surface area (Å²) in [4.78, 5) is 15.9. The third-order valence-electron chi connectivity index (χ3n) is 4.25. The normalized spacial score (nSPS) is 11.8. The Morgan fingerprint density at radius 3 is 2.45 bits per heavy atom. The van der Waals surface area contributed by atoms with Crippen LogP contribution in [0.1, 0.15) is 0 Å². The number of para-hydroxylation sites is 1. The monoisotopic (exact) mass is 285 g/mol. The van der Waals surface area contributed by atoms with Crippen molar-refractivity contribution in [1.29, 1.82) is 0 Å². The maximum absolute atomic E-state index is 12.5. The van der Waals surface area contributed by atoms with Gasteiger partial charge in [-0.1, -0.05) is 42.5 Å². The minimum Gasteiger partial charge on any atom is -0.422 e. The summed E-state index contributed by atoms with van der Waals surface area (Å²) in [7, 11) is 0. The van der Waals surface area contributed by atoms with E-state index in [9.17, 15) is 4.79 Å². The van der Waals surface area contributed by atoms with Crippen LogP contribution < -0.4 is 5.63 Å². The molecule has 0 atom stereocenters. The highest BCUT2D eigenvalue weighted by atomic mass is 16.4. The molecule has 5 rings (SSSR count). The molecule has 0 unspecified atom stereocenters. The van der Waals surface area contributed by atoms with E-state index in [-0.39, 0.29) is 5.63 Å². The van der Waals surface area contributed by atoms with Gasteiger partial charge in [-0.25, -0.2) is 4.79 Å². The van der Waals surface area contributed by atoms with Crippen LogP contribution in [0.15, 0.2) is 69.9 Å². The number of rotatable bonds is 0. The summed E-state index contributed by atoms with van der Waals surface area (Å²) >= 11 is 0. The van der Waals surface area contributed by atoms with E-state index >= 15 is 0 Å². The number of hydrogen-bond donors (Lipinski definition) is 1. The topological polar surface area (TPSA) is 46.0 Å². The second-order valence-electron chi connectivity index (χ2n) is 5.47. The number of hydrogen-bond acceptors (Lipinski definition) is 2. The van der Waals surface area contributed by atoms with Crippen molar-refractivity contribution >= 4 is 43.5 Å². The summed E-state index contributed by atoms with van der Waals surface area (Å²) in [6.45, 7) is 0. The van der Waals surface area contributed by atoms with Crippen molar-refractivity contribution in [3.05, 3.63) is 71.1 Å². The highest BCUT2D eigenvalue weighted by Gasteiger charge is 2.15. The van der Waals surface area contributed by atoms with Crippen LogP contribution in [0, 0.1) is 0 Å². The second kappa shape index (κ2) is 3.98. The lowest BCUT2D eigenvalue weighted by molar-refractivity contribution is 0.570. The molecule has 0 radical (unpaired) electrons. The van der Waals surface area contributed by atoms with Crippen molar-refractivity contribution in [3.63, 3.8) is 0 Å². The number of fused-ring (bicyclic) bond motifs is 7. The molecule has 0 aliphatic carbocycles. The Hall–Kier alpha value is -3.07. The highest BCUT2D eigenvalue weighted by molar-refractivity contribution is 6.23. The molecule has 2 aromatic heterocycles. The fraction of sp³-hybridized carbons (Fsp3) is 0. The fourth-order valence-corrected chi connectivity index (χ4v) is 3.29. The van der Waals surface area contributed by atoms with Crippen molar-refractivity contribution in [3.8, 4) is 0 Å². The minimum absolute atomic E-state index is 0.295. The fourth-order valence-electron chi connectivity index (χ4n) is 3.29. The van der Waals surface area contributed by atoms with E-state index in [1.54, 1.807) is 0 Å². The van der Waals surface area contributed by atoms with Crippen molar-refractivity contribution in [2.24, 2.45) is 0 Å². The van der Waals surface area contributed by atoms with Gasteiger partial charge in [0.25, 0.3) is 0 Å². The van der Waals surface area contributed by atoms with Crippen LogP contribution in [0.3, 0.4) is 0 Å². The van der Waals surface area contributed by atoms with Crippen LogP contribution in [0.4, 0.5) is 0 Å². The first kappa shape index (κ1) is 11.6.